The van der Waals surface area contributed by atoms with Gasteiger partial charge in [0.1, 0.15) is 5.60 Å². The molecule has 1 aliphatic rings. The number of carbonyl (C=O) groups excluding carboxylic acids is 2. The topological polar surface area (TPSA) is 98.1 Å². The third-order valence-electron chi connectivity index (χ3n) is 4.31. The Hall–Kier alpha value is -2.64. The number of carbonyl (C=O) groups is 2. The van der Waals surface area contributed by atoms with Crippen LogP contribution in [0.15, 0.2) is 6.07 Å². The fourth-order valence-electron chi connectivity index (χ4n) is 2.98. The quantitative estimate of drug-likeness (QED) is 0.784. The van der Waals surface area contributed by atoms with Crippen molar-refractivity contribution in [2.45, 2.75) is 52.1 Å². The highest BCUT2D eigenvalue weighted by Crippen LogP contribution is 2.40. The van der Waals surface area contributed by atoms with E-state index >= 15 is 0 Å². The maximum Gasteiger partial charge on any atom is 0.407 e. The molecule has 8 heteroatoms. The lowest BCUT2D eigenvalue weighted by atomic mass is 10.1. The van der Waals surface area contributed by atoms with Crippen molar-refractivity contribution in [3.05, 3.63) is 23.0 Å². The summed E-state index contributed by atoms with van der Waals surface area (Å²) in [6.07, 6.45) is 1.72. The van der Waals surface area contributed by atoms with Gasteiger partial charge in [-0.2, -0.15) is 5.10 Å². The Bertz CT molecular complexity index is 878. The molecule has 2 N–H and O–H groups in total. The molecule has 1 saturated carbocycles. The Morgan fingerprint density at radius 2 is 1.93 bits per heavy atom. The number of fused-ring (bicyclic) bond motifs is 1. The number of alkyl carbamates (subject to hydrolysis) is 1. The number of nitrogens with zero attached hydrogens (tertiary/aromatic N) is 3. The van der Waals surface area contributed by atoms with E-state index in [2.05, 4.69) is 15.7 Å². The van der Waals surface area contributed by atoms with Crippen LogP contribution in [0.5, 0.6) is 0 Å². The van der Waals surface area contributed by atoms with Gasteiger partial charge in [-0.1, -0.05) is 0 Å². The second kappa shape index (κ2) is 7.17. The lowest BCUT2D eigenvalue weighted by Gasteiger charge is -2.19. The van der Waals surface area contributed by atoms with Gasteiger partial charge in [-0.25, -0.2) is 9.78 Å². The Balaban J connectivity index is 1.68. The molecule has 1 aliphatic carbocycles. The molecular formula is C19H27N5O3. The molecule has 8 nitrogen and oxygen atoms in total. The number of hydrogen-bond donors (Lipinski definition) is 2. The summed E-state index contributed by atoms with van der Waals surface area (Å²) in [4.78, 5) is 29.1. The van der Waals surface area contributed by atoms with Gasteiger partial charge in [0.15, 0.2) is 5.65 Å². The fourth-order valence-corrected chi connectivity index (χ4v) is 2.98. The lowest BCUT2D eigenvalue weighted by Crippen LogP contribution is -2.37. The van der Waals surface area contributed by atoms with Crippen molar-refractivity contribution in [1.82, 2.24) is 25.4 Å². The van der Waals surface area contributed by atoms with Crippen molar-refractivity contribution in [3.63, 3.8) is 0 Å². The van der Waals surface area contributed by atoms with Crippen molar-refractivity contribution in [3.8, 4) is 0 Å². The highest BCUT2D eigenvalue weighted by atomic mass is 16.6. The minimum absolute atomic E-state index is 0.189. The summed E-state index contributed by atoms with van der Waals surface area (Å²) < 4.78 is 6.89. The lowest BCUT2D eigenvalue weighted by molar-refractivity contribution is 0.0526. The summed E-state index contributed by atoms with van der Waals surface area (Å²) in [6.45, 7) is 7.88. The first-order valence-corrected chi connectivity index (χ1v) is 9.25. The van der Waals surface area contributed by atoms with E-state index in [1.165, 1.54) is 0 Å². The summed E-state index contributed by atoms with van der Waals surface area (Å²) in [6, 6.07) is 1.88. The summed E-state index contributed by atoms with van der Waals surface area (Å²) in [5.74, 6) is 0.247. The van der Waals surface area contributed by atoms with Crippen LogP contribution < -0.4 is 10.6 Å². The van der Waals surface area contributed by atoms with E-state index in [1.807, 2.05) is 20.0 Å². The molecule has 0 atom stereocenters. The molecule has 146 valence electrons. The first kappa shape index (κ1) is 19.1. The van der Waals surface area contributed by atoms with Crippen LogP contribution in [-0.4, -0.2) is 45.5 Å². The van der Waals surface area contributed by atoms with E-state index in [-0.39, 0.29) is 12.5 Å². The maximum absolute atomic E-state index is 12.8. The third kappa shape index (κ3) is 4.56. The predicted octanol–water partition coefficient (Wildman–Crippen LogP) is 2.41. The van der Waals surface area contributed by atoms with Gasteiger partial charge in [-0.05, 0) is 46.6 Å². The minimum atomic E-state index is -0.549. The molecule has 1 fully saturated rings. The number of aromatic nitrogens is 3. The molecule has 3 rings (SSSR count). The van der Waals surface area contributed by atoms with E-state index in [9.17, 15) is 9.59 Å². The second-order valence-electron chi connectivity index (χ2n) is 7.96. The van der Waals surface area contributed by atoms with Gasteiger partial charge >= 0.3 is 6.09 Å². The summed E-state index contributed by atoms with van der Waals surface area (Å²) in [7, 11) is 1.84. The Labute approximate surface area is 158 Å². The zero-order chi connectivity index (χ0) is 19.8. The smallest absolute Gasteiger partial charge is 0.407 e. The Morgan fingerprint density at radius 1 is 1.26 bits per heavy atom. The molecule has 0 radical (unpaired) electrons. The second-order valence-corrected chi connectivity index (χ2v) is 7.96. The van der Waals surface area contributed by atoms with Crippen LogP contribution in [0.4, 0.5) is 4.79 Å². The van der Waals surface area contributed by atoms with E-state index < -0.39 is 11.7 Å². The number of hydrogen-bond acceptors (Lipinski definition) is 5. The van der Waals surface area contributed by atoms with Crippen molar-refractivity contribution in [2.24, 2.45) is 7.05 Å². The van der Waals surface area contributed by atoms with E-state index in [1.54, 1.807) is 25.5 Å². The highest BCUT2D eigenvalue weighted by molar-refractivity contribution is 6.06. The largest absolute Gasteiger partial charge is 0.444 e. The number of aryl methyl sites for hydroxylation is 2. The van der Waals surface area contributed by atoms with Crippen LogP contribution in [0.1, 0.15) is 61.3 Å². The molecule has 2 amide bonds. The third-order valence-corrected chi connectivity index (χ3v) is 4.31. The zero-order valence-electron chi connectivity index (χ0n) is 16.5. The Kier molecular flexibility index (Phi) is 5.08. The maximum atomic E-state index is 12.8. The van der Waals surface area contributed by atoms with Crippen LogP contribution in [-0.2, 0) is 11.8 Å². The van der Waals surface area contributed by atoms with Crippen molar-refractivity contribution in [1.29, 1.82) is 0 Å². The zero-order valence-corrected chi connectivity index (χ0v) is 16.5. The molecule has 0 aliphatic heterocycles. The molecule has 0 spiro atoms. The van der Waals surface area contributed by atoms with E-state index in [0.29, 0.717) is 18.0 Å². The number of amides is 2. The predicted molar refractivity (Wildman–Crippen MR) is 102 cm³/mol. The van der Waals surface area contributed by atoms with Gasteiger partial charge in [0.2, 0.25) is 0 Å². The molecule has 0 saturated heterocycles. The van der Waals surface area contributed by atoms with Crippen LogP contribution in [0.3, 0.4) is 0 Å². The van der Waals surface area contributed by atoms with Crippen molar-refractivity contribution < 1.29 is 14.3 Å². The molecule has 0 bridgehead atoms. The van der Waals surface area contributed by atoms with Crippen LogP contribution >= 0.6 is 0 Å². The van der Waals surface area contributed by atoms with Gasteiger partial charge in [-0.3, -0.25) is 9.48 Å². The normalized spacial score (nSPS) is 14.3. The minimum Gasteiger partial charge on any atom is -0.444 e. The van der Waals surface area contributed by atoms with E-state index in [0.717, 1.165) is 35.3 Å². The Morgan fingerprint density at radius 3 is 2.56 bits per heavy atom. The number of nitrogens with one attached hydrogen (secondary N) is 2. The van der Waals surface area contributed by atoms with Crippen molar-refractivity contribution in [2.75, 3.05) is 13.1 Å². The van der Waals surface area contributed by atoms with Crippen molar-refractivity contribution >= 4 is 23.0 Å². The summed E-state index contributed by atoms with van der Waals surface area (Å²) >= 11 is 0. The molecule has 0 aromatic carbocycles. The van der Waals surface area contributed by atoms with Gasteiger partial charge in [0, 0.05) is 31.7 Å². The summed E-state index contributed by atoms with van der Waals surface area (Å²) in [5.41, 5.74) is 2.49. The average molecular weight is 373 g/mol. The molecule has 2 aromatic rings. The van der Waals surface area contributed by atoms with E-state index in [4.69, 9.17) is 9.72 Å². The van der Waals surface area contributed by atoms with Gasteiger partial charge in [-0.15, -0.1) is 0 Å². The standard InChI is InChI=1S/C19H27N5O3/c1-11-15-13(10-14(12-6-7-12)22-16(15)24(5)23-11)17(25)20-8-9-21-18(26)27-19(2,3)4/h10,12H,6-9H2,1-5H3,(H,20,25)(H,21,26). The fraction of sp³-hybridized carbons (Fsp3) is 0.579. The first-order valence-electron chi connectivity index (χ1n) is 9.25. The monoisotopic (exact) mass is 373 g/mol. The molecular weight excluding hydrogens is 346 g/mol. The van der Waals surface area contributed by atoms with Gasteiger partial charge < -0.3 is 15.4 Å². The van der Waals surface area contributed by atoms with Gasteiger partial charge in [0.05, 0.1) is 16.6 Å². The van der Waals surface area contributed by atoms with Crippen LogP contribution in [0, 0.1) is 6.92 Å². The highest BCUT2D eigenvalue weighted by Gasteiger charge is 2.28. The molecule has 27 heavy (non-hydrogen) atoms. The molecule has 2 aromatic heterocycles. The molecule has 2 heterocycles. The average Bonchev–Trinajstić information content (AvgIpc) is 3.36. The summed E-state index contributed by atoms with van der Waals surface area (Å²) in [5, 5.41) is 10.7. The number of ether oxygens (including phenoxy) is 1. The van der Waals surface area contributed by atoms with Crippen LogP contribution in [0.2, 0.25) is 0 Å². The SMILES string of the molecule is Cc1nn(C)c2nc(C3CC3)cc(C(=O)NCCNC(=O)OC(C)(C)C)c12. The van der Waals surface area contributed by atoms with Gasteiger partial charge in [0.25, 0.3) is 5.91 Å². The van der Waals surface area contributed by atoms with Crippen LogP contribution in [0.25, 0.3) is 11.0 Å². The molecule has 0 unspecified atom stereocenters. The number of rotatable bonds is 5. The first-order chi connectivity index (χ1) is 12.7. The number of pyridine rings is 1.